The normalized spacial score (nSPS) is 17.3. The van der Waals surface area contributed by atoms with Crippen molar-refractivity contribution in [3.63, 3.8) is 0 Å². The van der Waals surface area contributed by atoms with Gasteiger partial charge in [0, 0.05) is 5.69 Å². The van der Waals surface area contributed by atoms with Gasteiger partial charge in [0.05, 0.1) is 12.1 Å². The van der Waals surface area contributed by atoms with Gasteiger partial charge in [-0.15, -0.1) is 0 Å². The molecule has 3 rings (SSSR count). The van der Waals surface area contributed by atoms with E-state index in [2.05, 4.69) is 24.4 Å². The van der Waals surface area contributed by atoms with E-state index in [9.17, 15) is 9.59 Å². The smallest absolute Gasteiger partial charge is 0.256 e. The summed E-state index contributed by atoms with van der Waals surface area (Å²) in [5.41, 5.74) is 7.03. The molecule has 4 nitrogen and oxygen atoms in total. The molecule has 0 aromatic heterocycles. The summed E-state index contributed by atoms with van der Waals surface area (Å²) in [6, 6.07) is 9.35. The highest BCUT2D eigenvalue weighted by molar-refractivity contribution is 6.23. The molecule has 0 aliphatic carbocycles. The average Bonchev–Trinajstić information content (AvgIpc) is 2.80. The molecule has 1 atom stereocenters. The zero-order valence-electron chi connectivity index (χ0n) is 15.4. The van der Waals surface area contributed by atoms with Gasteiger partial charge in [-0.1, -0.05) is 29.8 Å². The van der Waals surface area contributed by atoms with Gasteiger partial charge in [-0.2, -0.15) is 0 Å². The van der Waals surface area contributed by atoms with Gasteiger partial charge in [-0.25, -0.2) is 4.90 Å². The van der Waals surface area contributed by atoms with Crippen LogP contribution in [0.25, 0.3) is 0 Å². The second-order valence-electron chi connectivity index (χ2n) is 6.96. The molecule has 1 heterocycles. The predicted molar refractivity (Wildman–Crippen MR) is 101 cm³/mol. The highest BCUT2D eigenvalue weighted by Gasteiger charge is 2.40. The summed E-state index contributed by atoms with van der Waals surface area (Å²) in [6.45, 7) is 10.0. The standard InChI is InChI=1S/C21H24N2O2/c1-12-9-14(3)20(15(4)10-12)22-17-11-19(24)23(21(17)25)18-8-6-7-13(2)16(18)5/h6-10,17,22H,11H2,1-5H3/t17-/m1/s1. The van der Waals surface area contributed by atoms with Crippen molar-refractivity contribution in [2.45, 2.75) is 47.1 Å². The van der Waals surface area contributed by atoms with E-state index in [1.807, 2.05) is 45.9 Å². The number of hydrogen-bond acceptors (Lipinski definition) is 3. The number of carbonyl (C=O) groups excluding carboxylic acids is 2. The van der Waals surface area contributed by atoms with Gasteiger partial charge in [0.25, 0.3) is 5.91 Å². The fraction of sp³-hybridized carbons (Fsp3) is 0.333. The number of imide groups is 1. The lowest BCUT2D eigenvalue weighted by molar-refractivity contribution is -0.121. The summed E-state index contributed by atoms with van der Waals surface area (Å²) >= 11 is 0. The van der Waals surface area contributed by atoms with Crippen LogP contribution in [0.3, 0.4) is 0 Å². The lowest BCUT2D eigenvalue weighted by Gasteiger charge is -2.20. The van der Waals surface area contributed by atoms with Crippen LogP contribution < -0.4 is 10.2 Å². The van der Waals surface area contributed by atoms with E-state index in [0.717, 1.165) is 27.9 Å². The number of nitrogens with zero attached hydrogens (tertiary/aromatic N) is 1. The number of benzene rings is 2. The Kier molecular flexibility index (Phi) is 4.38. The molecule has 1 aliphatic heterocycles. The maximum atomic E-state index is 12.9. The van der Waals surface area contributed by atoms with Crippen molar-refractivity contribution in [3.8, 4) is 0 Å². The quantitative estimate of drug-likeness (QED) is 0.863. The van der Waals surface area contributed by atoms with Crippen LogP contribution in [0.1, 0.15) is 34.2 Å². The van der Waals surface area contributed by atoms with E-state index >= 15 is 0 Å². The molecular formula is C21H24N2O2. The molecule has 2 aromatic rings. The van der Waals surface area contributed by atoms with Crippen molar-refractivity contribution in [3.05, 3.63) is 58.1 Å². The summed E-state index contributed by atoms with van der Waals surface area (Å²) in [7, 11) is 0. The molecule has 0 bridgehead atoms. The van der Waals surface area contributed by atoms with Crippen LogP contribution in [-0.2, 0) is 9.59 Å². The van der Waals surface area contributed by atoms with Crippen molar-refractivity contribution in [1.29, 1.82) is 0 Å². The predicted octanol–water partition coefficient (Wildman–Crippen LogP) is 3.97. The molecule has 0 saturated carbocycles. The Labute approximate surface area is 148 Å². The van der Waals surface area contributed by atoms with Crippen molar-refractivity contribution in [2.24, 2.45) is 0 Å². The van der Waals surface area contributed by atoms with Crippen LogP contribution in [0.15, 0.2) is 30.3 Å². The third kappa shape index (κ3) is 3.04. The van der Waals surface area contributed by atoms with Crippen molar-refractivity contribution in [2.75, 3.05) is 10.2 Å². The number of aryl methyl sites for hydroxylation is 4. The third-order valence-corrected chi connectivity index (χ3v) is 4.96. The van der Waals surface area contributed by atoms with E-state index in [-0.39, 0.29) is 18.2 Å². The molecule has 130 valence electrons. The van der Waals surface area contributed by atoms with Crippen molar-refractivity contribution in [1.82, 2.24) is 0 Å². The molecule has 1 aliphatic rings. The first-order valence-corrected chi connectivity index (χ1v) is 8.57. The Balaban J connectivity index is 1.91. The van der Waals surface area contributed by atoms with Crippen LogP contribution in [0.4, 0.5) is 11.4 Å². The van der Waals surface area contributed by atoms with Crippen molar-refractivity contribution >= 4 is 23.2 Å². The lowest BCUT2D eigenvalue weighted by Crippen LogP contribution is -2.35. The average molecular weight is 336 g/mol. The molecule has 0 radical (unpaired) electrons. The summed E-state index contributed by atoms with van der Waals surface area (Å²) in [5.74, 6) is -0.336. The van der Waals surface area contributed by atoms with Crippen LogP contribution in [0.2, 0.25) is 0 Å². The zero-order chi connectivity index (χ0) is 18.3. The van der Waals surface area contributed by atoms with Gasteiger partial charge in [0.2, 0.25) is 5.91 Å². The number of amides is 2. The summed E-state index contributed by atoms with van der Waals surface area (Å²) < 4.78 is 0. The molecule has 2 aromatic carbocycles. The van der Waals surface area contributed by atoms with Crippen molar-refractivity contribution < 1.29 is 9.59 Å². The molecule has 25 heavy (non-hydrogen) atoms. The fourth-order valence-corrected chi connectivity index (χ4v) is 3.56. The summed E-state index contributed by atoms with van der Waals surface area (Å²) in [5, 5.41) is 3.31. The Morgan fingerprint density at radius 1 is 0.960 bits per heavy atom. The minimum Gasteiger partial charge on any atom is -0.373 e. The first-order valence-electron chi connectivity index (χ1n) is 8.57. The highest BCUT2D eigenvalue weighted by Crippen LogP contribution is 2.30. The number of anilines is 2. The molecule has 4 heteroatoms. The zero-order valence-corrected chi connectivity index (χ0v) is 15.4. The molecule has 0 spiro atoms. The van der Waals surface area contributed by atoms with Gasteiger partial charge < -0.3 is 5.32 Å². The van der Waals surface area contributed by atoms with Crippen LogP contribution in [0, 0.1) is 34.6 Å². The summed E-state index contributed by atoms with van der Waals surface area (Å²) in [6.07, 6.45) is 0.180. The molecule has 1 fully saturated rings. The fourth-order valence-electron chi connectivity index (χ4n) is 3.56. The Morgan fingerprint density at radius 3 is 2.24 bits per heavy atom. The molecular weight excluding hydrogens is 312 g/mol. The van der Waals surface area contributed by atoms with E-state index < -0.39 is 6.04 Å². The van der Waals surface area contributed by atoms with Gasteiger partial charge >= 0.3 is 0 Å². The monoisotopic (exact) mass is 336 g/mol. The maximum Gasteiger partial charge on any atom is 0.256 e. The summed E-state index contributed by atoms with van der Waals surface area (Å²) in [4.78, 5) is 26.8. The number of hydrogen-bond donors (Lipinski definition) is 1. The van der Waals surface area contributed by atoms with Crippen LogP contribution in [0.5, 0.6) is 0 Å². The minimum atomic E-state index is -0.521. The first-order chi connectivity index (χ1) is 11.8. The Bertz CT molecular complexity index is 847. The number of rotatable bonds is 3. The van der Waals surface area contributed by atoms with E-state index in [4.69, 9.17) is 0 Å². The maximum absolute atomic E-state index is 12.9. The molecule has 2 amide bonds. The highest BCUT2D eigenvalue weighted by atomic mass is 16.2. The topological polar surface area (TPSA) is 49.4 Å². The third-order valence-electron chi connectivity index (χ3n) is 4.96. The minimum absolute atomic E-state index is 0.154. The largest absolute Gasteiger partial charge is 0.373 e. The first kappa shape index (κ1) is 17.2. The number of carbonyl (C=O) groups is 2. The van der Waals surface area contributed by atoms with Gasteiger partial charge in [-0.05, 0) is 62.9 Å². The SMILES string of the molecule is Cc1cc(C)c(N[C@@H]2CC(=O)N(c3cccc(C)c3C)C2=O)c(C)c1. The molecule has 0 unspecified atom stereocenters. The second-order valence-corrected chi connectivity index (χ2v) is 6.96. The lowest BCUT2D eigenvalue weighted by atomic mass is 10.0. The molecule has 1 saturated heterocycles. The van der Waals surface area contributed by atoms with E-state index in [1.54, 1.807) is 0 Å². The Morgan fingerprint density at radius 2 is 1.60 bits per heavy atom. The Hall–Kier alpha value is -2.62. The van der Waals surface area contributed by atoms with Crippen LogP contribution >= 0.6 is 0 Å². The molecule has 1 N–H and O–H groups in total. The van der Waals surface area contributed by atoms with E-state index in [0.29, 0.717) is 5.69 Å². The van der Waals surface area contributed by atoms with Crippen LogP contribution in [-0.4, -0.2) is 17.9 Å². The number of nitrogens with one attached hydrogen (secondary N) is 1. The van der Waals surface area contributed by atoms with E-state index in [1.165, 1.54) is 10.5 Å². The second kappa shape index (κ2) is 6.36. The van der Waals surface area contributed by atoms with Gasteiger partial charge in [-0.3, -0.25) is 9.59 Å². The van der Waals surface area contributed by atoms with Gasteiger partial charge in [0.15, 0.2) is 0 Å². The van der Waals surface area contributed by atoms with Gasteiger partial charge in [0.1, 0.15) is 6.04 Å².